The fraction of sp³-hybridized carbons (Fsp3) is 0.278. The summed E-state index contributed by atoms with van der Waals surface area (Å²) in [6.07, 6.45) is -1.96. The number of carboxylic acid groups (broad SMARTS) is 1. The minimum Gasteiger partial charge on any atom is -0.465 e. The van der Waals surface area contributed by atoms with Gasteiger partial charge in [0, 0.05) is 18.7 Å². The predicted octanol–water partition coefficient (Wildman–Crippen LogP) is 8.44. The second-order valence-electron chi connectivity index (χ2n) is 12.2. The number of nitrogens with zero attached hydrogens (tertiary/aromatic N) is 4. The van der Waals surface area contributed by atoms with Gasteiger partial charge >= 0.3 is 18.4 Å². The molecule has 0 spiro atoms. The van der Waals surface area contributed by atoms with Gasteiger partial charge in [-0.2, -0.15) is 13.2 Å². The second-order valence-corrected chi connectivity index (χ2v) is 12.2. The molecule has 0 saturated carbocycles. The number of carbonyl (C=O) groups excluding carboxylic acids is 1. The second kappa shape index (κ2) is 13.1. The molecule has 10 nitrogen and oxygen atoms in total. The quantitative estimate of drug-likeness (QED) is 0.160. The first-order valence-corrected chi connectivity index (χ1v) is 16.1. The number of hydrogen-bond donors (Lipinski definition) is 3. The first-order chi connectivity index (χ1) is 23.7. The molecule has 2 aliphatic rings. The van der Waals surface area contributed by atoms with Crippen molar-refractivity contribution in [2.75, 3.05) is 13.1 Å². The molecular formula is C36H33F3N6O4. The topological polar surface area (TPSA) is 127 Å². The number of aromatic nitrogens is 4. The van der Waals surface area contributed by atoms with Crippen molar-refractivity contribution in [2.24, 2.45) is 0 Å². The number of rotatable bonds is 7. The molecule has 2 atom stereocenters. The molecule has 13 heteroatoms. The van der Waals surface area contributed by atoms with Crippen LogP contribution in [0.25, 0.3) is 33.6 Å². The molecule has 2 aliphatic heterocycles. The van der Waals surface area contributed by atoms with Crippen LogP contribution in [0.15, 0.2) is 85.1 Å². The van der Waals surface area contributed by atoms with Crippen LogP contribution in [0, 0.1) is 0 Å². The Kier molecular flexibility index (Phi) is 8.57. The van der Waals surface area contributed by atoms with Crippen molar-refractivity contribution < 1.29 is 32.6 Å². The lowest BCUT2D eigenvalue weighted by Gasteiger charge is -2.22. The Morgan fingerprint density at radius 1 is 0.796 bits per heavy atom. The van der Waals surface area contributed by atoms with Crippen molar-refractivity contribution >= 4 is 12.2 Å². The Balaban J connectivity index is 1.04. The number of amides is 2. The number of H-pyrrole nitrogens is 2. The van der Waals surface area contributed by atoms with Gasteiger partial charge in [-0.05, 0) is 47.9 Å². The minimum absolute atomic E-state index is 0.00696. The van der Waals surface area contributed by atoms with Crippen molar-refractivity contribution in [3.63, 3.8) is 0 Å². The molecule has 0 radical (unpaired) electrons. The maximum Gasteiger partial charge on any atom is 0.433 e. The average molecular weight is 671 g/mol. The van der Waals surface area contributed by atoms with Crippen LogP contribution >= 0.6 is 0 Å². The maximum atomic E-state index is 14.0. The number of alkyl halides is 3. The first-order valence-electron chi connectivity index (χ1n) is 16.1. The number of imidazole rings is 2. The monoisotopic (exact) mass is 670 g/mol. The number of carbonyl (C=O) groups is 2. The molecule has 2 amide bonds. The van der Waals surface area contributed by atoms with E-state index < -0.39 is 24.0 Å². The third-order valence-corrected chi connectivity index (χ3v) is 9.11. The summed E-state index contributed by atoms with van der Waals surface area (Å²) in [5.74, 6) is 0.680. The van der Waals surface area contributed by atoms with E-state index >= 15 is 0 Å². The Labute approximate surface area is 279 Å². The first kappa shape index (κ1) is 32.0. The Bertz CT molecular complexity index is 1940. The van der Waals surface area contributed by atoms with Crippen molar-refractivity contribution in [3.05, 3.63) is 108 Å². The number of benzene rings is 3. The Morgan fingerprint density at radius 3 is 2.02 bits per heavy atom. The molecule has 3 aromatic carbocycles. The number of aromatic amines is 2. The van der Waals surface area contributed by atoms with Crippen LogP contribution in [0.4, 0.5) is 22.8 Å². The number of ether oxygens (including phenoxy) is 1. The van der Waals surface area contributed by atoms with Crippen molar-refractivity contribution in [1.82, 2.24) is 29.7 Å². The maximum absolute atomic E-state index is 14.0. The van der Waals surface area contributed by atoms with Crippen LogP contribution in [0.2, 0.25) is 0 Å². The molecule has 2 saturated heterocycles. The van der Waals surface area contributed by atoms with Gasteiger partial charge in [-0.1, -0.05) is 78.9 Å². The number of likely N-dealkylation sites (tertiary alicyclic amines) is 2. The van der Waals surface area contributed by atoms with E-state index in [4.69, 9.17) is 4.74 Å². The highest BCUT2D eigenvalue weighted by molar-refractivity contribution is 5.73. The van der Waals surface area contributed by atoms with Crippen molar-refractivity contribution in [2.45, 2.75) is 50.6 Å². The minimum atomic E-state index is -4.70. The summed E-state index contributed by atoms with van der Waals surface area (Å²) in [5.41, 5.74) is 3.26. The molecule has 5 aromatic rings. The van der Waals surface area contributed by atoms with E-state index in [0.717, 1.165) is 45.7 Å². The van der Waals surface area contributed by atoms with Gasteiger partial charge in [0.15, 0.2) is 0 Å². The van der Waals surface area contributed by atoms with Gasteiger partial charge in [-0.3, -0.25) is 9.80 Å². The lowest BCUT2D eigenvalue weighted by Crippen LogP contribution is -2.31. The van der Waals surface area contributed by atoms with Crippen molar-refractivity contribution in [3.8, 4) is 33.6 Å². The van der Waals surface area contributed by atoms with E-state index in [0.29, 0.717) is 25.2 Å². The molecule has 2 aromatic heterocycles. The molecule has 2 fully saturated rings. The molecule has 49 heavy (non-hydrogen) atoms. The predicted molar refractivity (Wildman–Crippen MR) is 174 cm³/mol. The molecule has 0 unspecified atom stereocenters. The number of halogens is 3. The smallest absolute Gasteiger partial charge is 0.433 e. The standard InChI is InChI=1S/C36H33F3N6O4/c37-36(38,39)31-30(42-33(43-31)29-9-4-18-44(29)34(46)47)26-16-12-24(13-17-26)23-10-14-25(15-11-23)27-20-40-32(41-27)28-8-5-19-45(28)35(48)49-21-22-6-2-1-3-7-22/h1-3,6-7,10-17,20,28-29H,4-5,8-9,18-19,21H2,(H,40,41)(H,42,43)(H,46,47)/t28-,29-/m0/s1. The largest absolute Gasteiger partial charge is 0.465 e. The fourth-order valence-corrected chi connectivity index (χ4v) is 6.63. The van der Waals surface area contributed by atoms with Crippen LogP contribution in [-0.2, 0) is 17.5 Å². The zero-order valence-electron chi connectivity index (χ0n) is 26.3. The highest BCUT2D eigenvalue weighted by Crippen LogP contribution is 2.40. The molecule has 252 valence electrons. The fourth-order valence-electron chi connectivity index (χ4n) is 6.63. The van der Waals surface area contributed by atoms with Crippen LogP contribution in [-0.4, -0.2) is 60.1 Å². The molecule has 0 aliphatic carbocycles. The Morgan fingerprint density at radius 2 is 1.39 bits per heavy atom. The highest BCUT2D eigenvalue weighted by atomic mass is 19.4. The molecule has 4 heterocycles. The summed E-state index contributed by atoms with van der Waals surface area (Å²) >= 11 is 0. The lowest BCUT2D eigenvalue weighted by molar-refractivity contribution is -0.140. The van der Waals surface area contributed by atoms with E-state index in [2.05, 4.69) is 19.9 Å². The summed E-state index contributed by atoms with van der Waals surface area (Å²) in [6, 6.07) is 22.9. The van der Waals surface area contributed by atoms with Crippen LogP contribution in [0.5, 0.6) is 0 Å². The summed E-state index contributed by atoms with van der Waals surface area (Å²) in [5, 5.41) is 9.48. The summed E-state index contributed by atoms with van der Waals surface area (Å²) < 4.78 is 47.6. The van der Waals surface area contributed by atoms with Crippen molar-refractivity contribution in [1.29, 1.82) is 0 Å². The van der Waals surface area contributed by atoms with Gasteiger partial charge in [0.1, 0.15) is 29.6 Å². The van der Waals surface area contributed by atoms with Gasteiger partial charge in [0.25, 0.3) is 0 Å². The van der Waals surface area contributed by atoms with E-state index in [1.54, 1.807) is 35.4 Å². The normalized spacial score (nSPS) is 17.9. The van der Waals surface area contributed by atoms with E-state index in [-0.39, 0.29) is 42.4 Å². The SMILES string of the molecule is O=C(O)N1CCC[C@H]1c1nc(-c2ccc(-c3ccc(-c4cnc([C@@H]5CCCN5C(=O)OCc5ccccc5)[nH]4)cc3)cc2)c(C(F)(F)F)[nH]1. The third kappa shape index (κ3) is 6.60. The summed E-state index contributed by atoms with van der Waals surface area (Å²) in [4.78, 5) is 41.9. The molecule has 7 rings (SSSR count). The van der Waals surface area contributed by atoms with E-state index in [1.165, 1.54) is 0 Å². The Hall–Kier alpha value is -5.59. The average Bonchev–Trinajstić information content (AvgIpc) is 3.93. The third-order valence-electron chi connectivity index (χ3n) is 9.11. The van der Waals surface area contributed by atoms with Crippen LogP contribution < -0.4 is 0 Å². The zero-order chi connectivity index (χ0) is 34.1. The van der Waals surface area contributed by atoms with Gasteiger partial charge in [-0.15, -0.1) is 0 Å². The summed E-state index contributed by atoms with van der Waals surface area (Å²) in [6.45, 7) is 1.04. The molecule has 3 N–H and O–H groups in total. The summed E-state index contributed by atoms with van der Waals surface area (Å²) in [7, 11) is 0. The van der Waals surface area contributed by atoms with Gasteiger partial charge < -0.3 is 19.8 Å². The van der Waals surface area contributed by atoms with E-state index in [9.17, 15) is 27.9 Å². The molecule has 0 bridgehead atoms. The van der Waals surface area contributed by atoms with E-state index in [1.807, 2.05) is 54.6 Å². The number of nitrogens with one attached hydrogen (secondary N) is 2. The zero-order valence-corrected chi connectivity index (χ0v) is 26.3. The van der Waals surface area contributed by atoms with Gasteiger partial charge in [0.2, 0.25) is 0 Å². The lowest BCUT2D eigenvalue weighted by atomic mass is 10.0. The molecular weight excluding hydrogens is 637 g/mol. The highest BCUT2D eigenvalue weighted by Gasteiger charge is 2.40. The van der Waals surface area contributed by atoms with Crippen LogP contribution in [0.3, 0.4) is 0 Å². The van der Waals surface area contributed by atoms with Gasteiger partial charge in [0.05, 0.1) is 24.0 Å². The van der Waals surface area contributed by atoms with Gasteiger partial charge in [-0.25, -0.2) is 19.6 Å². The number of hydrogen-bond acceptors (Lipinski definition) is 5. The van der Waals surface area contributed by atoms with Crippen LogP contribution in [0.1, 0.15) is 60.7 Å².